The van der Waals surface area contributed by atoms with Crippen LogP contribution in [0, 0.1) is 6.92 Å². The van der Waals surface area contributed by atoms with Crippen molar-refractivity contribution in [3.05, 3.63) is 30.4 Å². The van der Waals surface area contributed by atoms with E-state index >= 15 is 0 Å². The highest BCUT2D eigenvalue weighted by Crippen LogP contribution is 2.03. The van der Waals surface area contributed by atoms with Gasteiger partial charge in [-0.25, -0.2) is 9.97 Å². The minimum absolute atomic E-state index is 0.727. The van der Waals surface area contributed by atoms with Crippen molar-refractivity contribution in [3.63, 3.8) is 0 Å². The van der Waals surface area contributed by atoms with Crippen molar-refractivity contribution < 1.29 is 0 Å². The molecule has 12 heavy (non-hydrogen) atoms. The van der Waals surface area contributed by atoms with E-state index in [1.165, 1.54) is 0 Å². The summed E-state index contributed by atoms with van der Waals surface area (Å²) in [4.78, 5) is 8.13. The largest absolute Gasteiger partial charge is 0.237 e. The molecule has 0 amide bonds. The van der Waals surface area contributed by atoms with Crippen LogP contribution < -0.4 is 0 Å². The molecule has 0 saturated heterocycles. The first-order valence-corrected chi connectivity index (χ1v) is 4.14. The van der Waals surface area contributed by atoms with Gasteiger partial charge in [0.25, 0.3) is 0 Å². The lowest BCUT2D eigenvalue weighted by Gasteiger charge is -1.95. The van der Waals surface area contributed by atoms with Crippen LogP contribution in [-0.2, 0) is 0 Å². The maximum atomic E-state index is 4.07. The number of hydrogen-bond acceptors (Lipinski definition) is 2. The van der Waals surface area contributed by atoms with E-state index < -0.39 is 0 Å². The number of hydrogen-bond donors (Lipinski definition) is 0. The minimum atomic E-state index is 0.727. The van der Waals surface area contributed by atoms with E-state index in [0.717, 1.165) is 17.0 Å². The van der Waals surface area contributed by atoms with Crippen LogP contribution in [0.5, 0.6) is 0 Å². The van der Waals surface area contributed by atoms with Crippen molar-refractivity contribution in [2.24, 2.45) is 0 Å². The second-order valence-electron chi connectivity index (χ2n) is 2.36. The molecule has 0 spiro atoms. The molecular formula is C10H16N2. The van der Waals surface area contributed by atoms with Gasteiger partial charge in [-0.15, -0.1) is 0 Å². The minimum Gasteiger partial charge on any atom is -0.237 e. The van der Waals surface area contributed by atoms with Crippen LogP contribution in [0.4, 0.5) is 0 Å². The third-order valence-corrected chi connectivity index (χ3v) is 1.16. The molecule has 1 aromatic heterocycles. The third kappa shape index (κ3) is 3.28. The molecule has 2 nitrogen and oxygen atoms in total. The number of rotatable bonds is 1. The maximum Gasteiger partial charge on any atom is 0.154 e. The summed E-state index contributed by atoms with van der Waals surface area (Å²) < 4.78 is 0. The van der Waals surface area contributed by atoms with Gasteiger partial charge in [0.05, 0.1) is 0 Å². The molecule has 66 valence electrons. The lowest BCUT2D eigenvalue weighted by atomic mass is 10.3. The van der Waals surface area contributed by atoms with E-state index in [1.54, 1.807) is 12.4 Å². The molecule has 1 aromatic rings. The molecular weight excluding hydrogens is 148 g/mol. The van der Waals surface area contributed by atoms with Crippen LogP contribution in [0.15, 0.2) is 19.0 Å². The monoisotopic (exact) mass is 164 g/mol. The Morgan fingerprint density at radius 3 is 2.00 bits per heavy atom. The van der Waals surface area contributed by atoms with Crippen LogP contribution in [-0.4, -0.2) is 9.97 Å². The van der Waals surface area contributed by atoms with Crippen molar-refractivity contribution in [1.29, 1.82) is 0 Å². The molecule has 2 heteroatoms. The van der Waals surface area contributed by atoms with Crippen LogP contribution in [0.2, 0.25) is 0 Å². The van der Waals surface area contributed by atoms with Crippen LogP contribution in [0.25, 0.3) is 5.57 Å². The Labute approximate surface area is 74.4 Å². The summed E-state index contributed by atoms with van der Waals surface area (Å²) in [5.74, 6) is 0.727. The maximum absolute atomic E-state index is 4.07. The summed E-state index contributed by atoms with van der Waals surface area (Å²) in [6.45, 7) is 11.6. The fourth-order valence-electron chi connectivity index (χ4n) is 0.613. The molecule has 0 atom stereocenters. The Balaban J connectivity index is 0.000000561. The SMILES string of the molecule is C=C(C)c1ncc(C)cn1.CC. The summed E-state index contributed by atoms with van der Waals surface area (Å²) in [5, 5.41) is 0. The topological polar surface area (TPSA) is 25.8 Å². The summed E-state index contributed by atoms with van der Waals surface area (Å²) in [5.41, 5.74) is 1.98. The summed E-state index contributed by atoms with van der Waals surface area (Å²) in [6, 6.07) is 0. The van der Waals surface area contributed by atoms with Crippen LogP contribution in [0.3, 0.4) is 0 Å². The van der Waals surface area contributed by atoms with E-state index in [4.69, 9.17) is 0 Å². The fraction of sp³-hybridized carbons (Fsp3) is 0.400. The number of aromatic nitrogens is 2. The van der Waals surface area contributed by atoms with Crippen molar-refractivity contribution in [1.82, 2.24) is 9.97 Å². The van der Waals surface area contributed by atoms with Gasteiger partial charge in [0.1, 0.15) is 0 Å². The quantitative estimate of drug-likeness (QED) is 0.637. The van der Waals surface area contributed by atoms with Crippen molar-refractivity contribution in [2.45, 2.75) is 27.7 Å². The standard InChI is InChI=1S/C8H10N2.C2H6/c1-6(2)8-9-4-7(3)5-10-8;1-2/h4-5H,1H2,2-3H3;1-2H3. The second-order valence-corrected chi connectivity index (χ2v) is 2.36. The normalized spacial score (nSPS) is 8.33. The third-order valence-electron chi connectivity index (χ3n) is 1.16. The molecule has 0 N–H and O–H groups in total. The average Bonchev–Trinajstić information content (AvgIpc) is 2.09. The molecule has 1 rings (SSSR count). The van der Waals surface area contributed by atoms with Gasteiger partial charge in [-0.05, 0) is 25.0 Å². The van der Waals surface area contributed by atoms with Crippen LogP contribution >= 0.6 is 0 Å². The van der Waals surface area contributed by atoms with Crippen molar-refractivity contribution in [2.75, 3.05) is 0 Å². The Morgan fingerprint density at radius 2 is 1.67 bits per heavy atom. The molecule has 0 aliphatic carbocycles. The van der Waals surface area contributed by atoms with Gasteiger partial charge in [-0.3, -0.25) is 0 Å². The highest BCUT2D eigenvalue weighted by molar-refractivity contribution is 5.53. The number of nitrogens with zero attached hydrogens (tertiary/aromatic N) is 2. The number of aryl methyl sites for hydroxylation is 1. The van der Waals surface area contributed by atoms with Crippen LogP contribution in [0.1, 0.15) is 32.2 Å². The van der Waals surface area contributed by atoms with Gasteiger partial charge in [-0.1, -0.05) is 20.4 Å². The van der Waals surface area contributed by atoms with E-state index in [0.29, 0.717) is 0 Å². The van der Waals surface area contributed by atoms with Gasteiger partial charge in [0, 0.05) is 12.4 Å². The molecule has 0 aliphatic rings. The zero-order valence-corrected chi connectivity index (χ0v) is 8.26. The first kappa shape index (κ1) is 10.8. The molecule has 0 radical (unpaired) electrons. The molecule has 0 aromatic carbocycles. The summed E-state index contributed by atoms with van der Waals surface area (Å²) in [6.07, 6.45) is 3.58. The zero-order valence-electron chi connectivity index (χ0n) is 8.26. The van der Waals surface area contributed by atoms with Gasteiger partial charge in [0.15, 0.2) is 5.82 Å². The van der Waals surface area contributed by atoms with E-state index in [1.807, 2.05) is 27.7 Å². The lowest BCUT2D eigenvalue weighted by molar-refractivity contribution is 1.08. The van der Waals surface area contributed by atoms with E-state index in [9.17, 15) is 0 Å². The Morgan fingerprint density at radius 1 is 1.25 bits per heavy atom. The molecule has 0 bridgehead atoms. The first-order valence-electron chi connectivity index (χ1n) is 4.14. The first-order chi connectivity index (χ1) is 5.70. The molecule has 0 saturated carbocycles. The molecule has 0 fully saturated rings. The highest BCUT2D eigenvalue weighted by Gasteiger charge is 1.93. The molecule has 0 aliphatic heterocycles. The zero-order chi connectivity index (χ0) is 9.56. The van der Waals surface area contributed by atoms with Crippen molar-refractivity contribution >= 4 is 5.57 Å². The summed E-state index contributed by atoms with van der Waals surface area (Å²) >= 11 is 0. The predicted molar refractivity (Wildman–Crippen MR) is 52.8 cm³/mol. The molecule has 1 heterocycles. The van der Waals surface area contributed by atoms with Gasteiger partial charge >= 0.3 is 0 Å². The second kappa shape index (κ2) is 5.47. The Bertz CT molecular complexity index is 237. The van der Waals surface area contributed by atoms with E-state index in [2.05, 4.69) is 16.5 Å². The highest BCUT2D eigenvalue weighted by atomic mass is 14.9. The summed E-state index contributed by atoms with van der Waals surface area (Å²) in [7, 11) is 0. The Kier molecular flexibility index (Phi) is 4.93. The van der Waals surface area contributed by atoms with Gasteiger partial charge in [0.2, 0.25) is 0 Å². The number of allylic oxidation sites excluding steroid dienone is 1. The fourth-order valence-corrected chi connectivity index (χ4v) is 0.613. The smallest absolute Gasteiger partial charge is 0.154 e. The van der Waals surface area contributed by atoms with Gasteiger partial charge in [-0.2, -0.15) is 0 Å². The predicted octanol–water partition coefficient (Wildman–Crippen LogP) is 2.84. The van der Waals surface area contributed by atoms with Gasteiger partial charge < -0.3 is 0 Å². The lowest BCUT2D eigenvalue weighted by Crippen LogP contribution is -1.89. The Hall–Kier alpha value is -1.18. The average molecular weight is 164 g/mol. The van der Waals surface area contributed by atoms with E-state index in [-0.39, 0.29) is 0 Å². The molecule has 0 unspecified atom stereocenters. The van der Waals surface area contributed by atoms with Crippen molar-refractivity contribution in [3.8, 4) is 0 Å².